The summed E-state index contributed by atoms with van der Waals surface area (Å²) in [6.07, 6.45) is 0. The number of aromatic nitrogens is 2. The Balaban J connectivity index is 1.69. The molecule has 2 amide bonds. The molecule has 4 rings (SSSR count). The lowest BCUT2D eigenvalue weighted by Gasteiger charge is -2.12. The largest absolute Gasteiger partial charge is 0.497 e. The standard InChI is InChI=1S/C23H20N4O4S/c1-13-25-22-20(17(12-32-22)14-7-9-15(31-2)10-8-14)23(30)27(13)11-19(28)26-18-6-4-3-5-16(18)21(24)29/h3-10,12H,11H2,1-2H3,(H2,24,29)(H,26,28). The van der Waals surface area contributed by atoms with Gasteiger partial charge in [0.15, 0.2) is 0 Å². The number of fused-ring (bicyclic) bond motifs is 1. The van der Waals surface area contributed by atoms with Gasteiger partial charge in [0.05, 0.1) is 23.7 Å². The maximum atomic E-state index is 13.3. The van der Waals surface area contributed by atoms with E-state index < -0.39 is 11.8 Å². The van der Waals surface area contributed by atoms with Gasteiger partial charge < -0.3 is 15.8 Å². The van der Waals surface area contributed by atoms with Gasteiger partial charge in [0.1, 0.15) is 22.9 Å². The van der Waals surface area contributed by atoms with Gasteiger partial charge in [-0.1, -0.05) is 24.3 Å². The molecule has 0 fully saturated rings. The fraction of sp³-hybridized carbons (Fsp3) is 0.130. The van der Waals surface area contributed by atoms with Crippen molar-refractivity contribution in [3.05, 3.63) is 75.7 Å². The van der Waals surface area contributed by atoms with Gasteiger partial charge in [0.25, 0.3) is 11.5 Å². The van der Waals surface area contributed by atoms with Crippen molar-refractivity contribution in [3.8, 4) is 16.9 Å². The Bertz CT molecular complexity index is 1390. The number of primary amides is 1. The molecule has 0 unspecified atom stereocenters. The van der Waals surface area contributed by atoms with Gasteiger partial charge in [-0.25, -0.2) is 4.98 Å². The van der Waals surface area contributed by atoms with Crippen molar-refractivity contribution in [1.29, 1.82) is 0 Å². The fourth-order valence-corrected chi connectivity index (χ4v) is 4.42. The number of carbonyl (C=O) groups is 2. The molecule has 0 saturated heterocycles. The van der Waals surface area contributed by atoms with Gasteiger partial charge in [-0.05, 0) is 36.8 Å². The minimum atomic E-state index is -0.653. The molecule has 9 heteroatoms. The number of nitrogens with one attached hydrogen (secondary N) is 1. The number of ether oxygens (including phenoxy) is 1. The quantitative estimate of drug-likeness (QED) is 0.470. The van der Waals surface area contributed by atoms with Crippen molar-refractivity contribution in [3.63, 3.8) is 0 Å². The third-order valence-corrected chi connectivity index (χ3v) is 5.93. The third-order valence-electron chi connectivity index (χ3n) is 5.05. The van der Waals surface area contributed by atoms with Crippen LogP contribution in [0.4, 0.5) is 5.69 Å². The van der Waals surface area contributed by atoms with Crippen LogP contribution in [-0.4, -0.2) is 28.5 Å². The summed E-state index contributed by atoms with van der Waals surface area (Å²) in [5, 5.41) is 4.99. The Hall–Kier alpha value is -3.98. The van der Waals surface area contributed by atoms with Gasteiger partial charge in [-0.3, -0.25) is 19.0 Å². The number of anilines is 1. The zero-order chi connectivity index (χ0) is 22.8. The minimum absolute atomic E-state index is 0.193. The second-order valence-electron chi connectivity index (χ2n) is 7.07. The first-order chi connectivity index (χ1) is 15.4. The van der Waals surface area contributed by atoms with Crippen LogP contribution in [0.15, 0.2) is 58.7 Å². The smallest absolute Gasteiger partial charge is 0.263 e. The molecule has 0 aliphatic rings. The third kappa shape index (κ3) is 3.97. The van der Waals surface area contributed by atoms with Crippen LogP contribution in [0, 0.1) is 6.92 Å². The summed E-state index contributed by atoms with van der Waals surface area (Å²) in [7, 11) is 1.59. The van der Waals surface area contributed by atoms with E-state index in [4.69, 9.17) is 10.5 Å². The maximum Gasteiger partial charge on any atom is 0.263 e. The Morgan fingerprint density at radius 3 is 2.56 bits per heavy atom. The number of thiophene rings is 1. The fourth-order valence-electron chi connectivity index (χ4n) is 3.44. The molecule has 0 atom stereocenters. The van der Waals surface area contributed by atoms with Crippen molar-refractivity contribution >= 4 is 39.1 Å². The number of hydrogen-bond acceptors (Lipinski definition) is 6. The van der Waals surface area contributed by atoms with Crippen molar-refractivity contribution in [2.45, 2.75) is 13.5 Å². The van der Waals surface area contributed by atoms with Crippen molar-refractivity contribution in [2.75, 3.05) is 12.4 Å². The highest BCUT2D eigenvalue weighted by Crippen LogP contribution is 2.32. The first-order valence-corrected chi connectivity index (χ1v) is 10.6. The molecule has 4 aromatic rings. The highest BCUT2D eigenvalue weighted by Gasteiger charge is 2.18. The number of nitrogens with two attached hydrogens (primary N) is 1. The Kier molecular flexibility index (Phi) is 5.74. The highest BCUT2D eigenvalue weighted by atomic mass is 32.1. The second kappa shape index (κ2) is 8.64. The van der Waals surface area contributed by atoms with E-state index >= 15 is 0 Å². The summed E-state index contributed by atoms with van der Waals surface area (Å²) in [6, 6.07) is 13.8. The van der Waals surface area contributed by atoms with Gasteiger partial charge in [-0.15, -0.1) is 11.3 Å². The summed E-state index contributed by atoms with van der Waals surface area (Å²) >= 11 is 1.37. The zero-order valence-corrected chi connectivity index (χ0v) is 18.2. The lowest BCUT2D eigenvalue weighted by molar-refractivity contribution is -0.116. The molecule has 8 nitrogen and oxygen atoms in total. The van der Waals surface area contributed by atoms with Gasteiger partial charge >= 0.3 is 0 Å². The SMILES string of the molecule is COc1ccc(-c2csc3nc(C)n(CC(=O)Nc4ccccc4C(N)=O)c(=O)c23)cc1. The normalized spacial score (nSPS) is 10.8. The molecule has 32 heavy (non-hydrogen) atoms. The van der Waals surface area contributed by atoms with Crippen LogP contribution in [0.3, 0.4) is 0 Å². The number of amides is 2. The number of aryl methyl sites for hydroxylation is 1. The number of carbonyl (C=O) groups excluding carboxylic acids is 2. The molecular formula is C23H20N4O4S. The van der Waals surface area contributed by atoms with E-state index in [0.29, 0.717) is 27.5 Å². The molecule has 2 aromatic heterocycles. The van der Waals surface area contributed by atoms with E-state index in [1.54, 1.807) is 32.2 Å². The summed E-state index contributed by atoms with van der Waals surface area (Å²) in [5.74, 6) is 0.0163. The van der Waals surface area contributed by atoms with E-state index in [-0.39, 0.29) is 17.7 Å². The van der Waals surface area contributed by atoms with E-state index in [9.17, 15) is 14.4 Å². The van der Waals surface area contributed by atoms with Crippen LogP contribution in [0.25, 0.3) is 21.3 Å². The number of para-hydroxylation sites is 1. The molecule has 0 aliphatic carbocycles. The molecule has 3 N–H and O–H groups in total. The number of rotatable bonds is 6. The van der Waals surface area contributed by atoms with Gasteiger partial charge in [0, 0.05) is 10.9 Å². The lowest BCUT2D eigenvalue weighted by Crippen LogP contribution is -2.30. The lowest BCUT2D eigenvalue weighted by atomic mass is 10.1. The number of nitrogens with zero attached hydrogens (tertiary/aromatic N) is 2. The average Bonchev–Trinajstić information content (AvgIpc) is 3.20. The van der Waals surface area contributed by atoms with Gasteiger partial charge in [-0.2, -0.15) is 0 Å². The first-order valence-electron chi connectivity index (χ1n) is 9.70. The molecule has 2 aromatic carbocycles. The van der Waals surface area contributed by atoms with E-state index in [1.807, 2.05) is 29.6 Å². The topological polar surface area (TPSA) is 116 Å². The van der Waals surface area contributed by atoms with Crippen molar-refractivity contribution < 1.29 is 14.3 Å². The van der Waals surface area contributed by atoms with Crippen LogP contribution >= 0.6 is 11.3 Å². The Labute approximate surface area is 187 Å². The van der Waals surface area contributed by atoms with Crippen LogP contribution in [0.1, 0.15) is 16.2 Å². The van der Waals surface area contributed by atoms with E-state index in [1.165, 1.54) is 22.0 Å². The molecule has 0 spiro atoms. The van der Waals surface area contributed by atoms with E-state index in [2.05, 4.69) is 10.3 Å². The van der Waals surface area contributed by atoms with Crippen LogP contribution in [0.5, 0.6) is 5.75 Å². The first kappa shape index (κ1) is 21.3. The van der Waals surface area contributed by atoms with Crippen LogP contribution < -0.4 is 21.3 Å². The van der Waals surface area contributed by atoms with Gasteiger partial charge in [0.2, 0.25) is 5.91 Å². The maximum absolute atomic E-state index is 13.3. The summed E-state index contributed by atoms with van der Waals surface area (Å²) in [6.45, 7) is 1.43. The predicted octanol–water partition coefficient (Wildman–Crippen LogP) is 3.18. The summed E-state index contributed by atoms with van der Waals surface area (Å²) < 4.78 is 6.52. The highest BCUT2D eigenvalue weighted by molar-refractivity contribution is 7.17. The molecule has 0 aliphatic heterocycles. The molecular weight excluding hydrogens is 428 g/mol. The minimum Gasteiger partial charge on any atom is -0.497 e. The zero-order valence-electron chi connectivity index (χ0n) is 17.4. The summed E-state index contributed by atoms with van der Waals surface area (Å²) in [4.78, 5) is 42.8. The molecule has 2 heterocycles. The molecule has 0 bridgehead atoms. The number of methoxy groups -OCH3 is 1. The Morgan fingerprint density at radius 1 is 1.16 bits per heavy atom. The molecule has 0 saturated carbocycles. The average molecular weight is 449 g/mol. The molecule has 0 radical (unpaired) electrons. The van der Waals surface area contributed by atoms with E-state index in [0.717, 1.165) is 11.1 Å². The Morgan fingerprint density at radius 2 is 1.88 bits per heavy atom. The van der Waals surface area contributed by atoms with Crippen molar-refractivity contribution in [1.82, 2.24) is 9.55 Å². The second-order valence-corrected chi connectivity index (χ2v) is 7.92. The molecule has 162 valence electrons. The van der Waals surface area contributed by atoms with Crippen LogP contribution in [-0.2, 0) is 11.3 Å². The monoisotopic (exact) mass is 448 g/mol. The van der Waals surface area contributed by atoms with Crippen LogP contribution in [0.2, 0.25) is 0 Å². The number of hydrogen-bond donors (Lipinski definition) is 2. The predicted molar refractivity (Wildman–Crippen MR) is 124 cm³/mol. The van der Waals surface area contributed by atoms with Crippen molar-refractivity contribution in [2.24, 2.45) is 5.73 Å². The summed E-state index contributed by atoms with van der Waals surface area (Å²) in [5.41, 5.74) is 7.15. The number of benzene rings is 2.